The normalized spacial score (nSPS) is 42.2. The van der Waals surface area contributed by atoms with Gasteiger partial charge < -0.3 is 10.1 Å². The molecule has 0 amide bonds. The molecular formula is C9H16INO. The molecule has 0 bridgehead atoms. The van der Waals surface area contributed by atoms with Gasteiger partial charge in [0.25, 0.3) is 0 Å². The summed E-state index contributed by atoms with van der Waals surface area (Å²) in [5, 5.41) is 3.48. The number of alkyl halides is 1. The zero-order chi connectivity index (χ0) is 8.44. The van der Waals surface area contributed by atoms with E-state index in [4.69, 9.17) is 4.74 Å². The fourth-order valence-corrected chi connectivity index (χ4v) is 2.89. The van der Waals surface area contributed by atoms with Crippen molar-refractivity contribution >= 4 is 22.6 Å². The van der Waals surface area contributed by atoms with Crippen molar-refractivity contribution in [1.29, 1.82) is 0 Å². The molecule has 0 aliphatic carbocycles. The molecule has 2 aliphatic rings. The Balaban J connectivity index is 1.94. The Kier molecular flexibility index (Phi) is 2.92. The lowest BCUT2D eigenvalue weighted by atomic mass is 9.79. The quantitative estimate of drug-likeness (QED) is 0.582. The lowest BCUT2D eigenvalue weighted by Gasteiger charge is -2.32. The number of halogens is 1. The summed E-state index contributed by atoms with van der Waals surface area (Å²) < 4.78 is 6.90. The smallest absolute Gasteiger partial charge is 0.0671 e. The first-order valence-electron chi connectivity index (χ1n) is 4.73. The maximum absolute atomic E-state index is 5.75. The van der Waals surface area contributed by atoms with Crippen LogP contribution in [0.1, 0.15) is 19.3 Å². The highest BCUT2D eigenvalue weighted by atomic mass is 127. The minimum Gasteiger partial charge on any atom is -0.377 e. The van der Waals surface area contributed by atoms with Gasteiger partial charge in [0.15, 0.2) is 0 Å². The Bertz CT molecular complexity index is 157. The Morgan fingerprint density at radius 1 is 1.58 bits per heavy atom. The van der Waals surface area contributed by atoms with Gasteiger partial charge in [0, 0.05) is 16.4 Å². The van der Waals surface area contributed by atoms with Crippen LogP contribution in [0.5, 0.6) is 0 Å². The zero-order valence-electron chi connectivity index (χ0n) is 7.31. The SMILES string of the molecule is IC[C@@H]1C[C@]2(CCCNC2)CO1. The Morgan fingerprint density at radius 3 is 3.08 bits per heavy atom. The molecule has 2 rings (SSSR count). The summed E-state index contributed by atoms with van der Waals surface area (Å²) >= 11 is 2.42. The van der Waals surface area contributed by atoms with Crippen molar-refractivity contribution in [3.05, 3.63) is 0 Å². The number of hydrogen-bond acceptors (Lipinski definition) is 2. The number of ether oxygens (including phenoxy) is 1. The van der Waals surface area contributed by atoms with Gasteiger partial charge in [0.05, 0.1) is 12.7 Å². The summed E-state index contributed by atoms with van der Waals surface area (Å²) in [6.45, 7) is 3.38. The van der Waals surface area contributed by atoms with Gasteiger partial charge >= 0.3 is 0 Å². The van der Waals surface area contributed by atoms with Crippen molar-refractivity contribution in [2.45, 2.75) is 25.4 Å². The van der Waals surface area contributed by atoms with E-state index in [1.54, 1.807) is 0 Å². The van der Waals surface area contributed by atoms with E-state index in [0.717, 1.165) is 11.0 Å². The van der Waals surface area contributed by atoms with Gasteiger partial charge in [0.2, 0.25) is 0 Å². The van der Waals surface area contributed by atoms with Crippen LogP contribution < -0.4 is 5.32 Å². The van der Waals surface area contributed by atoms with Crippen molar-refractivity contribution in [2.75, 3.05) is 24.1 Å². The molecule has 2 saturated heterocycles. The van der Waals surface area contributed by atoms with Crippen molar-refractivity contribution in [3.8, 4) is 0 Å². The van der Waals surface area contributed by atoms with Crippen LogP contribution in [-0.4, -0.2) is 30.2 Å². The van der Waals surface area contributed by atoms with E-state index < -0.39 is 0 Å². The van der Waals surface area contributed by atoms with Crippen LogP contribution in [0.4, 0.5) is 0 Å². The second-order valence-corrected chi connectivity index (χ2v) is 4.95. The molecule has 0 radical (unpaired) electrons. The number of rotatable bonds is 1. The first-order chi connectivity index (χ1) is 5.85. The molecule has 2 heterocycles. The number of piperidine rings is 1. The third-order valence-corrected chi connectivity index (χ3v) is 4.00. The third-order valence-electron chi connectivity index (χ3n) is 3.02. The molecule has 1 spiro atoms. The average Bonchev–Trinajstić information content (AvgIpc) is 2.50. The van der Waals surface area contributed by atoms with E-state index >= 15 is 0 Å². The molecule has 70 valence electrons. The summed E-state index contributed by atoms with van der Waals surface area (Å²) in [5.74, 6) is 0. The van der Waals surface area contributed by atoms with Crippen LogP contribution in [0.3, 0.4) is 0 Å². The number of hydrogen-bond donors (Lipinski definition) is 1. The standard InChI is InChI=1S/C9H16INO/c10-5-8-4-9(7-12-8)2-1-3-11-6-9/h8,11H,1-7H2/t8-,9-/m0/s1. The highest BCUT2D eigenvalue weighted by molar-refractivity contribution is 14.1. The van der Waals surface area contributed by atoms with Crippen molar-refractivity contribution in [3.63, 3.8) is 0 Å². The topological polar surface area (TPSA) is 21.3 Å². The maximum Gasteiger partial charge on any atom is 0.0671 e. The zero-order valence-corrected chi connectivity index (χ0v) is 9.47. The number of nitrogens with one attached hydrogen (secondary N) is 1. The second-order valence-electron chi connectivity index (χ2n) is 4.07. The molecule has 0 aromatic heterocycles. The van der Waals surface area contributed by atoms with Crippen LogP contribution >= 0.6 is 22.6 Å². The highest BCUT2D eigenvalue weighted by Crippen LogP contribution is 2.38. The van der Waals surface area contributed by atoms with Gasteiger partial charge in [-0.2, -0.15) is 0 Å². The summed E-state index contributed by atoms with van der Waals surface area (Å²) in [6, 6.07) is 0. The van der Waals surface area contributed by atoms with Gasteiger partial charge in [-0.15, -0.1) is 0 Å². The van der Waals surface area contributed by atoms with E-state index in [2.05, 4.69) is 27.9 Å². The Morgan fingerprint density at radius 2 is 2.50 bits per heavy atom. The van der Waals surface area contributed by atoms with Crippen molar-refractivity contribution in [1.82, 2.24) is 5.32 Å². The highest BCUT2D eigenvalue weighted by Gasteiger charge is 2.40. The lowest BCUT2D eigenvalue weighted by Crippen LogP contribution is -2.40. The van der Waals surface area contributed by atoms with Crippen molar-refractivity contribution in [2.24, 2.45) is 5.41 Å². The molecule has 3 heteroatoms. The summed E-state index contributed by atoms with van der Waals surface area (Å²) in [7, 11) is 0. The van der Waals surface area contributed by atoms with E-state index in [9.17, 15) is 0 Å². The molecular weight excluding hydrogens is 265 g/mol. The largest absolute Gasteiger partial charge is 0.377 e. The molecule has 2 nitrogen and oxygen atoms in total. The summed E-state index contributed by atoms with van der Waals surface area (Å²) in [4.78, 5) is 0. The third kappa shape index (κ3) is 1.77. The first-order valence-corrected chi connectivity index (χ1v) is 6.26. The Hall–Kier alpha value is 0.650. The molecule has 0 unspecified atom stereocenters. The van der Waals surface area contributed by atoms with Gasteiger partial charge in [-0.1, -0.05) is 22.6 Å². The molecule has 0 saturated carbocycles. The lowest BCUT2D eigenvalue weighted by molar-refractivity contribution is 0.100. The van der Waals surface area contributed by atoms with Gasteiger partial charge in [0.1, 0.15) is 0 Å². The molecule has 2 aliphatic heterocycles. The fourth-order valence-electron chi connectivity index (χ4n) is 2.32. The molecule has 1 N–H and O–H groups in total. The monoisotopic (exact) mass is 281 g/mol. The van der Waals surface area contributed by atoms with Gasteiger partial charge in [-0.25, -0.2) is 0 Å². The van der Waals surface area contributed by atoms with Crippen molar-refractivity contribution < 1.29 is 4.74 Å². The molecule has 2 fully saturated rings. The van der Waals surface area contributed by atoms with E-state index in [1.807, 2.05) is 0 Å². The predicted octanol–water partition coefficient (Wildman–Crippen LogP) is 1.58. The molecule has 0 aromatic rings. The van der Waals surface area contributed by atoms with Crippen LogP contribution in [0.2, 0.25) is 0 Å². The fraction of sp³-hybridized carbons (Fsp3) is 1.00. The summed E-state index contributed by atoms with van der Waals surface area (Å²) in [6.07, 6.45) is 4.51. The average molecular weight is 281 g/mol. The predicted molar refractivity (Wildman–Crippen MR) is 57.8 cm³/mol. The molecule has 12 heavy (non-hydrogen) atoms. The minimum absolute atomic E-state index is 0.508. The first kappa shape index (κ1) is 9.21. The maximum atomic E-state index is 5.75. The molecule has 0 aromatic carbocycles. The van der Waals surface area contributed by atoms with Gasteiger partial charge in [-0.05, 0) is 25.8 Å². The van der Waals surface area contributed by atoms with E-state index in [1.165, 1.54) is 32.4 Å². The second kappa shape index (κ2) is 3.80. The van der Waals surface area contributed by atoms with Gasteiger partial charge in [-0.3, -0.25) is 0 Å². The van der Waals surface area contributed by atoms with Crippen LogP contribution in [-0.2, 0) is 4.74 Å². The van der Waals surface area contributed by atoms with Crippen LogP contribution in [0.15, 0.2) is 0 Å². The van der Waals surface area contributed by atoms with E-state index in [-0.39, 0.29) is 0 Å². The van der Waals surface area contributed by atoms with E-state index in [0.29, 0.717) is 11.5 Å². The van der Waals surface area contributed by atoms with Crippen LogP contribution in [0.25, 0.3) is 0 Å². The minimum atomic E-state index is 0.508. The summed E-state index contributed by atoms with van der Waals surface area (Å²) in [5.41, 5.74) is 0.508. The molecule has 2 atom stereocenters. The Labute approximate surface area is 87.6 Å². The van der Waals surface area contributed by atoms with Crippen LogP contribution in [0, 0.1) is 5.41 Å².